The lowest BCUT2D eigenvalue weighted by Gasteiger charge is -2.05. The first-order valence-corrected chi connectivity index (χ1v) is 7.94. The van der Waals surface area contributed by atoms with Gasteiger partial charge in [-0.2, -0.15) is 0 Å². The minimum Gasteiger partial charge on any atom is -0.377 e. The van der Waals surface area contributed by atoms with E-state index in [0.29, 0.717) is 12.2 Å². The summed E-state index contributed by atoms with van der Waals surface area (Å²) in [6.45, 7) is 0.474. The van der Waals surface area contributed by atoms with Crippen LogP contribution in [0.25, 0.3) is 10.7 Å². The van der Waals surface area contributed by atoms with Crippen LogP contribution in [0.1, 0.15) is 5.69 Å². The van der Waals surface area contributed by atoms with Gasteiger partial charge in [0.1, 0.15) is 10.8 Å². The van der Waals surface area contributed by atoms with Gasteiger partial charge in [0.2, 0.25) is 0 Å². The summed E-state index contributed by atoms with van der Waals surface area (Å²) in [4.78, 5) is 8.77. The van der Waals surface area contributed by atoms with Crippen molar-refractivity contribution in [2.24, 2.45) is 0 Å². The van der Waals surface area contributed by atoms with E-state index in [2.05, 4.69) is 31.2 Å². The smallest absolute Gasteiger partial charge is 0.147 e. The molecule has 0 aliphatic heterocycles. The van der Waals surface area contributed by atoms with Gasteiger partial charge in [-0.1, -0.05) is 22.0 Å². The first-order chi connectivity index (χ1) is 10.2. The van der Waals surface area contributed by atoms with E-state index >= 15 is 0 Å². The number of thiazole rings is 1. The van der Waals surface area contributed by atoms with Crippen molar-refractivity contribution in [2.75, 3.05) is 5.32 Å². The normalized spacial score (nSPS) is 10.6. The average molecular weight is 364 g/mol. The molecule has 0 unspecified atom stereocenters. The number of halogens is 2. The van der Waals surface area contributed by atoms with Crippen molar-refractivity contribution in [3.05, 3.63) is 64.0 Å². The van der Waals surface area contributed by atoms with Crippen LogP contribution in [-0.4, -0.2) is 9.97 Å². The van der Waals surface area contributed by atoms with Crippen LogP contribution in [-0.2, 0) is 6.54 Å². The van der Waals surface area contributed by atoms with Crippen LogP contribution in [0.4, 0.5) is 10.1 Å². The molecule has 3 rings (SSSR count). The SMILES string of the molecule is Fc1cc(Br)ccc1NCc1csc(-c2ccccn2)n1. The Hall–Kier alpha value is -1.79. The fourth-order valence-corrected chi connectivity index (χ4v) is 2.94. The minimum atomic E-state index is -0.287. The van der Waals surface area contributed by atoms with E-state index in [9.17, 15) is 4.39 Å². The number of nitrogens with zero attached hydrogens (tertiary/aromatic N) is 2. The molecule has 0 radical (unpaired) electrons. The van der Waals surface area contributed by atoms with Crippen LogP contribution >= 0.6 is 27.3 Å². The highest BCUT2D eigenvalue weighted by Gasteiger charge is 2.07. The van der Waals surface area contributed by atoms with Crippen molar-refractivity contribution in [3.8, 4) is 10.7 Å². The van der Waals surface area contributed by atoms with Gasteiger partial charge in [-0.15, -0.1) is 11.3 Å². The number of nitrogens with one attached hydrogen (secondary N) is 1. The van der Waals surface area contributed by atoms with E-state index in [1.165, 1.54) is 17.4 Å². The predicted molar refractivity (Wildman–Crippen MR) is 86.8 cm³/mol. The third-order valence-electron chi connectivity index (χ3n) is 2.83. The Kier molecular flexibility index (Phi) is 4.26. The summed E-state index contributed by atoms with van der Waals surface area (Å²) in [7, 11) is 0. The van der Waals surface area contributed by atoms with Gasteiger partial charge in [-0.25, -0.2) is 9.37 Å². The molecule has 21 heavy (non-hydrogen) atoms. The maximum absolute atomic E-state index is 13.7. The molecule has 3 nitrogen and oxygen atoms in total. The molecule has 1 aromatic carbocycles. The Morgan fingerprint density at radius 2 is 2.14 bits per heavy atom. The summed E-state index contributed by atoms with van der Waals surface area (Å²) in [5.74, 6) is -0.287. The topological polar surface area (TPSA) is 37.8 Å². The van der Waals surface area contributed by atoms with Crippen molar-refractivity contribution in [1.82, 2.24) is 9.97 Å². The van der Waals surface area contributed by atoms with E-state index in [0.717, 1.165) is 20.9 Å². The minimum absolute atomic E-state index is 0.287. The zero-order valence-corrected chi connectivity index (χ0v) is 13.3. The molecule has 0 aliphatic rings. The lowest BCUT2D eigenvalue weighted by Crippen LogP contribution is -2.01. The molecule has 0 bridgehead atoms. The average Bonchev–Trinajstić information content (AvgIpc) is 2.96. The van der Waals surface area contributed by atoms with Gasteiger partial charge < -0.3 is 5.32 Å². The van der Waals surface area contributed by atoms with Gasteiger partial charge >= 0.3 is 0 Å². The number of hydrogen-bond acceptors (Lipinski definition) is 4. The van der Waals surface area contributed by atoms with Crippen molar-refractivity contribution >= 4 is 33.0 Å². The summed E-state index contributed by atoms with van der Waals surface area (Å²) >= 11 is 4.77. The van der Waals surface area contributed by atoms with E-state index in [4.69, 9.17) is 0 Å². The Bertz CT molecular complexity index is 746. The highest BCUT2D eigenvalue weighted by molar-refractivity contribution is 9.10. The second-order valence-corrected chi connectivity index (χ2v) is 6.11. The lowest BCUT2D eigenvalue weighted by atomic mass is 10.3. The summed E-state index contributed by atoms with van der Waals surface area (Å²) in [6, 6.07) is 10.7. The highest BCUT2D eigenvalue weighted by atomic mass is 79.9. The summed E-state index contributed by atoms with van der Waals surface area (Å²) in [5, 5.41) is 5.87. The molecule has 6 heteroatoms. The van der Waals surface area contributed by atoms with Crippen LogP contribution in [0.15, 0.2) is 52.4 Å². The number of hydrogen-bond donors (Lipinski definition) is 1. The van der Waals surface area contributed by atoms with Gasteiger partial charge in [-0.05, 0) is 30.3 Å². The highest BCUT2D eigenvalue weighted by Crippen LogP contribution is 2.23. The van der Waals surface area contributed by atoms with Crippen LogP contribution in [0.3, 0.4) is 0 Å². The Morgan fingerprint density at radius 3 is 2.90 bits per heavy atom. The molecule has 0 atom stereocenters. The quantitative estimate of drug-likeness (QED) is 0.728. The van der Waals surface area contributed by atoms with Crippen LogP contribution < -0.4 is 5.32 Å². The van der Waals surface area contributed by atoms with Crippen LogP contribution in [0.2, 0.25) is 0 Å². The number of rotatable bonds is 4. The van der Waals surface area contributed by atoms with E-state index in [1.54, 1.807) is 18.3 Å². The predicted octanol–water partition coefficient (Wildman–Crippen LogP) is 4.72. The van der Waals surface area contributed by atoms with Gasteiger partial charge in [0, 0.05) is 16.0 Å². The fraction of sp³-hybridized carbons (Fsp3) is 0.0667. The largest absolute Gasteiger partial charge is 0.377 e. The molecule has 0 aliphatic carbocycles. The van der Waals surface area contributed by atoms with Crippen molar-refractivity contribution < 1.29 is 4.39 Å². The van der Waals surface area contributed by atoms with E-state index < -0.39 is 0 Å². The van der Waals surface area contributed by atoms with Crippen molar-refractivity contribution in [2.45, 2.75) is 6.54 Å². The Balaban J connectivity index is 1.70. The fourth-order valence-electron chi connectivity index (χ4n) is 1.81. The third kappa shape index (κ3) is 3.46. The maximum atomic E-state index is 13.7. The van der Waals surface area contributed by atoms with Gasteiger partial charge in [-0.3, -0.25) is 4.98 Å². The second kappa shape index (κ2) is 6.32. The zero-order valence-electron chi connectivity index (χ0n) is 10.9. The van der Waals surface area contributed by atoms with Gasteiger partial charge in [0.05, 0.1) is 23.6 Å². The standard InChI is InChI=1S/C15H11BrFN3S/c16-10-4-5-13(12(17)7-10)19-8-11-9-21-15(20-11)14-3-1-2-6-18-14/h1-7,9,19H,8H2. The molecular formula is C15H11BrFN3S. The number of aromatic nitrogens is 2. The zero-order chi connectivity index (χ0) is 14.7. The molecule has 106 valence electrons. The molecule has 0 saturated carbocycles. The maximum Gasteiger partial charge on any atom is 0.147 e. The number of anilines is 1. The molecule has 2 heterocycles. The van der Waals surface area contributed by atoms with Gasteiger partial charge in [0.25, 0.3) is 0 Å². The van der Waals surface area contributed by atoms with Crippen molar-refractivity contribution in [1.29, 1.82) is 0 Å². The first kappa shape index (κ1) is 14.2. The molecule has 2 aromatic heterocycles. The molecule has 3 aromatic rings. The molecule has 0 spiro atoms. The first-order valence-electron chi connectivity index (χ1n) is 6.27. The Labute approximate surface area is 134 Å². The van der Waals surface area contributed by atoms with E-state index in [1.807, 2.05) is 23.6 Å². The van der Waals surface area contributed by atoms with Crippen LogP contribution in [0, 0.1) is 5.82 Å². The molecular weight excluding hydrogens is 353 g/mol. The summed E-state index contributed by atoms with van der Waals surface area (Å²) < 4.78 is 14.4. The van der Waals surface area contributed by atoms with E-state index in [-0.39, 0.29) is 5.82 Å². The number of pyridine rings is 1. The lowest BCUT2D eigenvalue weighted by molar-refractivity contribution is 0.629. The van der Waals surface area contributed by atoms with Gasteiger partial charge in [0.15, 0.2) is 0 Å². The monoisotopic (exact) mass is 363 g/mol. The molecule has 0 amide bonds. The summed E-state index contributed by atoms with van der Waals surface area (Å²) in [5.41, 5.74) is 2.18. The molecule has 0 saturated heterocycles. The third-order valence-corrected chi connectivity index (χ3v) is 4.23. The molecule has 0 fully saturated rings. The summed E-state index contributed by atoms with van der Waals surface area (Å²) in [6.07, 6.45) is 1.74. The number of benzene rings is 1. The van der Waals surface area contributed by atoms with Crippen molar-refractivity contribution in [3.63, 3.8) is 0 Å². The Morgan fingerprint density at radius 1 is 1.24 bits per heavy atom. The van der Waals surface area contributed by atoms with Crippen LogP contribution in [0.5, 0.6) is 0 Å². The molecule has 1 N–H and O–H groups in total. The second-order valence-electron chi connectivity index (χ2n) is 4.34.